The summed E-state index contributed by atoms with van der Waals surface area (Å²) in [6.45, 7) is 13.0. The van der Waals surface area contributed by atoms with E-state index in [1.54, 1.807) is 6.08 Å². The van der Waals surface area contributed by atoms with E-state index in [0.717, 1.165) is 27.5 Å². The van der Waals surface area contributed by atoms with Crippen LogP contribution in [0.5, 0.6) is 0 Å². The summed E-state index contributed by atoms with van der Waals surface area (Å²) in [5.74, 6) is 0. The summed E-state index contributed by atoms with van der Waals surface area (Å²) >= 11 is 0. The zero-order chi connectivity index (χ0) is 31.2. The average Bonchev–Trinajstić information content (AvgIpc) is 3.54. The Morgan fingerprint density at radius 2 is 1.24 bits per heavy atom. The van der Waals surface area contributed by atoms with E-state index in [4.69, 9.17) is 4.42 Å². The summed E-state index contributed by atoms with van der Waals surface area (Å²) in [6, 6.07) is 42.2. The third-order valence-corrected chi connectivity index (χ3v) is 10.1. The van der Waals surface area contributed by atoms with Crippen LogP contribution in [0.3, 0.4) is 0 Å². The van der Waals surface area contributed by atoms with Gasteiger partial charge >= 0.3 is 0 Å². The minimum Gasteiger partial charge on any atom is -0.456 e. The van der Waals surface area contributed by atoms with E-state index in [9.17, 15) is 0 Å². The van der Waals surface area contributed by atoms with Gasteiger partial charge in [0.1, 0.15) is 11.2 Å². The first-order valence-corrected chi connectivity index (χ1v) is 15.9. The van der Waals surface area contributed by atoms with Gasteiger partial charge in [0.2, 0.25) is 0 Å². The van der Waals surface area contributed by atoms with Crippen molar-refractivity contribution in [2.45, 2.75) is 19.3 Å². The first kappa shape index (κ1) is 26.7. The number of rotatable bonds is 4. The Bertz CT molecular complexity index is 2580. The molecule has 0 aliphatic heterocycles. The predicted molar refractivity (Wildman–Crippen MR) is 198 cm³/mol. The molecule has 1 heterocycles. The minimum atomic E-state index is -0.122. The highest BCUT2D eigenvalue weighted by Crippen LogP contribution is 2.52. The van der Waals surface area contributed by atoms with Gasteiger partial charge in [-0.05, 0) is 113 Å². The Morgan fingerprint density at radius 1 is 0.609 bits per heavy atom. The molecule has 7 aromatic carbocycles. The molecule has 1 aliphatic carbocycles. The molecule has 8 aromatic rings. The van der Waals surface area contributed by atoms with Gasteiger partial charge in [-0.1, -0.05) is 124 Å². The molecule has 0 radical (unpaired) electrons. The SMILES string of the molecule is C=C/C=C\C(=C)c1c2ccccc2c(-c2ccc3c(c2)-c2cc4cc5c(cc4cc2C3(C)C)oc2ccccc25)c2ccccc12. The van der Waals surface area contributed by atoms with Gasteiger partial charge in [0.25, 0.3) is 0 Å². The van der Waals surface area contributed by atoms with Gasteiger partial charge < -0.3 is 4.42 Å². The maximum atomic E-state index is 6.26. The zero-order valence-corrected chi connectivity index (χ0v) is 26.0. The summed E-state index contributed by atoms with van der Waals surface area (Å²) in [7, 11) is 0. The zero-order valence-electron chi connectivity index (χ0n) is 26.0. The van der Waals surface area contributed by atoms with Crippen LogP contribution in [0, 0.1) is 0 Å². The Balaban J connectivity index is 1.30. The fraction of sp³-hybridized carbons (Fsp3) is 0.0667. The van der Waals surface area contributed by atoms with E-state index in [-0.39, 0.29) is 5.41 Å². The first-order valence-electron chi connectivity index (χ1n) is 15.9. The lowest BCUT2D eigenvalue weighted by Crippen LogP contribution is -2.14. The van der Waals surface area contributed by atoms with Crippen molar-refractivity contribution in [2.24, 2.45) is 0 Å². The largest absolute Gasteiger partial charge is 0.456 e. The third kappa shape index (κ3) is 3.69. The van der Waals surface area contributed by atoms with E-state index in [1.807, 2.05) is 12.1 Å². The van der Waals surface area contributed by atoms with Crippen LogP contribution in [0.2, 0.25) is 0 Å². The lowest BCUT2D eigenvalue weighted by atomic mass is 9.81. The van der Waals surface area contributed by atoms with E-state index < -0.39 is 0 Å². The summed E-state index contributed by atoms with van der Waals surface area (Å²) < 4.78 is 6.26. The molecule has 0 bridgehead atoms. The molecular formula is C45H32O. The molecule has 0 amide bonds. The summed E-state index contributed by atoms with van der Waals surface area (Å²) in [5, 5.41) is 9.65. The highest BCUT2D eigenvalue weighted by molar-refractivity contribution is 6.19. The predicted octanol–water partition coefficient (Wildman–Crippen LogP) is 12.8. The molecule has 0 fully saturated rings. The number of hydrogen-bond donors (Lipinski definition) is 0. The van der Waals surface area contributed by atoms with Crippen LogP contribution in [-0.4, -0.2) is 0 Å². The molecule has 0 N–H and O–H groups in total. The topological polar surface area (TPSA) is 13.1 Å². The number of para-hydroxylation sites is 1. The second-order valence-corrected chi connectivity index (χ2v) is 13.0. The van der Waals surface area contributed by atoms with Crippen molar-refractivity contribution in [1.82, 2.24) is 0 Å². The summed E-state index contributed by atoms with van der Waals surface area (Å²) in [6.07, 6.45) is 5.82. The van der Waals surface area contributed by atoms with Crippen LogP contribution in [0.4, 0.5) is 0 Å². The Hall–Kier alpha value is -5.66. The van der Waals surface area contributed by atoms with Crippen molar-refractivity contribution in [2.75, 3.05) is 0 Å². The molecular weight excluding hydrogens is 556 g/mol. The van der Waals surface area contributed by atoms with Gasteiger partial charge in [-0.3, -0.25) is 0 Å². The van der Waals surface area contributed by atoms with Gasteiger partial charge in [0.05, 0.1) is 0 Å². The quantitative estimate of drug-likeness (QED) is 0.147. The van der Waals surface area contributed by atoms with Crippen LogP contribution in [-0.2, 0) is 5.41 Å². The van der Waals surface area contributed by atoms with Crippen LogP contribution in [0.25, 0.3) is 82.1 Å². The minimum absolute atomic E-state index is 0.122. The molecule has 218 valence electrons. The maximum absolute atomic E-state index is 6.26. The maximum Gasteiger partial charge on any atom is 0.136 e. The van der Waals surface area contributed by atoms with Gasteiger partial charge in [-0.15, -0.1) is 0 Å². The van der Waals surface area contributed by atoms with Gasteiger partial charge in [-0.2, -0.15) is 0 Å². The molecule has 0 atom stereocenters. The molecule has 1 aromatic heterocycles. The first-order chi connectivity index (χ1) is 22.4. The third-order valence-electron chi connectivity index (χ3n) is 10.1. The molecule has 9 rings (SSSR count). The number of furan rings is 1. The van der Waals surface area contributed by atoms with Crippen LogP contribution in [0.1, 0.15) is 30.5 Å². The molecule has 46 heavy (non-hydrogen) atoms. The monoisotopic (exact) mass is 588 g/mol. The highest BCUT2D eigenvalue weighted by atomic mass is 16.3. The molecule has 1 aliphatic rings. The summed E-state index contributed by atoms with van der Waals surface area (Å²) in [5.41, 5.74) is 11.7. The van der Waals surface area contributed by atoms with E-state index in [2.05, 4.69) is 142 Å². The lowest BCUT2D eigenvalue weighted by Gasteiger charge is -2.22. The second-order valence-electron chi connectivity index (χ2n) is 13.0. The van der Waals surface area contributed by atoms with Crippen molar-refractivity contribution in [3.63, 3.8) is 0 Å². The fourth-order valence-corrected chi connectivity index (χ4v) is 7.93. The molecule has 0 unspecified atom stereocenters. The van der Waals surface area contributed by atoms with Crippen LogP contribution in [0.15, 0.2) is 151 Å². The number of benzene rings is 7. The molecule has 0 saturated heterocycles. The standard InChI is InChI=1S/C45H32O/c1-5-6-13-27(2)43-32-15-7-9-17-34(32)44(35-18-10-8-16-33(35)43)28-20-21-39-36(22-28)37-23-29-24-38-31-14-11-12-19-41(31)46-42(38)26-30(29)25-40(37)45(39,3)4/h5-26H,1-2H2,3-4H3/b13-6-. The normalized spacial score (nSPS) is 13.7. The van der Waals surface area contributed by atoms with Crippen molar-refractivity contribution in [3.05, 3.63) is 163 Å². The number of fused-ring (bicyclic) bond motifs is 9. The van der Waals surface area contributed by atoms with E-state index in [1.165, 1.54) is 71.3 Å². The highest BCUT2D eigenvalue weighted by Gasteiger charge is 2.36. The van der Waals surface area contributed by atoms with Crippen molar-refractivity contribution in [3.8, 4) is 22.3 Å². The smallest absolute Gasteiger partial charge is 0.136 e. The van der Waals surface area contributed by atoms with Crippen LogP contribution < -0.4 is 0 Å². The van der Waals surface area contributed by atoms with Gasteiger partial charge in [-0.25, -0.2) is 0 Å². The number of allylic oxidation sites excluding steroid dienone is 4. The second kappa shape index (κ2) is 9.67. The lowest BCUT2D eigenvalue weighted by molar-refractivity contribution is 0.661. The van der Waals surface area contributed by atoms with Crippen molar-refractivity contribution < 1.29 is 4.42 Å². The molecule has 0 saturated carbocycles. The van der Waals surface area contributed by atoms with Gasteiger partial charge in [0, 0.05) is 16.2 Å². The molecule has 0 spiro atoms. The van der Waals surface area contributed by atoms with E-state index >= 15 is 0 Å². The average molecular weight is 589 g/mol. The van der Waals surface area contributed by atoms with Crippen LogP contribution >= 0.6 is 0 Å². The molecule has 1 nitrogen and oxygen atoms in total. The Kier molecular flexibility index (Phi) is 5.62. The van der Waals surface area contributed by atoms with E-state index in [0.29, 0.717) is 0 Å². The molecule has 1 heteroatoms. The number of hydrogen-bond acceptors (Lipinski definition) is 1. The Morgan fingerprint density at radius 3 is 1.96 bits per heavy atom. The van der Waals surface area contributed by atoms with Gasteiger partial charge in [0.15, 0.2) is 0 Å². The van der Waals surface area contributed by atoms with Crippen molar-refractivity contribution >= 4 is 59.8 Å². The fourth-order valence-electron chi connectivity index (χ4n) is 7.93. The Labute approximate surface area is 268 Å². The summed E-state index contributed by atoms with van der Waals surface area (Å²) in [4.78, 5) is 0. The van der Waals surface area contributed by atoms with Crippen molar-refractivity contribution in [1.29, 1.82) is 0 Å².